The SMILES string of the molecule is CS(=O)CCOc1ccc2ccccc2n1. The van der Waals surface area contributed by atoms with Crippen LogP contribution in [-0.2, 0) is 10.8 Å². The van der Waals surface area contributed by atoms with Gasteiger partial charge in [0, 0.05) is 28.5 Å². The molecule has 84 valence electrons. The first-order chi connectivity index (χ1) is 7.75. The molecule has 2 rings (SSSR count). The minimum Gasteiger partial charge on any atom is -0.477 e. The molecule has 0 fully saturated rings. The van der Waals surface area contributed by atoms with Crippen molar-refractivity contribution in [2.24, 2.45) is 0 Å². The summed E-state index contributed by atoms with van der Waals surface area (Å²) in [4.78, 5) is 4.35. The lowest BCUT2D eigenvalue weighted by atomic mass is 10.2. The van der Waals surface area contributed by atoms with Crippen molar-refractivity contribution in [2.75, 3.05) is 18.6 Å². The van der Waals surface area contributed by atoms with E-state index in [1.165, 1.54) is 0 Å². The lowest BCUT2D eigenvalue weighted by molar-refractivity contribution is 0.330. The third kappa shape index (κ3) is 2.79. The number of benzene rings is 1. The largest absolute Gasteiger partial charge is 0.477 e. The number of hydrogen-bond donors (Lipinski definition) is 0. The lowest BCUT2D eigenvalue weighted by Crippen LogP contribution is -2.07. The van der Waals surface area contributed by atoms with Crippen molar-refractivity contribution in [3.05, 3.63) is 36.4 Å². The number of pyridine rings is 1. The molecule has 0 saturated heterocycles. The van der Waals surface area contributed by atoms with Gasteiger partial charge in [-0.05, 0) is 12.1 Å². The third-order valence-corrected chi connectivity index (χ3v) is 2.94. The summed E-state index contributed by atoms with van der Waals surface area (Å²) in [6.07, 6.45) is 1.66. The number of aromatic nitrogens is 1. The van der Waals surface area contributed by atoms with Crippen LogP contribution < -0.4 is 4.74 Å². The molecule has 1 unspecified atom stereocenters. The summed E-state index contributed by atoms with van der Waals surface area (Å²) in [6, 6.07) is 11.7. The highest BCUT2D eigenvalue weighted by Crippen LogP contribution is 2.15. The number of nitrogens with zero attached hydrogens (tertiary/aromatic N) is 1. The highest BCUT2D eigenvalue weighted by molar-refractivity contribution is 7.84. The van der Waals surface area contributed by atoms with Crippen LogP contribution >= 0.6 is 0 Å². The van der Waals surface area contributed by atoms with Crippen LogP contribution in [0.3, 0.4) is 0 Å². The van der Waals surface area contributed by atoms with E-state index in [1.54, 1.807) is 6.26 Å². The molecule has 3 nitrogen and oxygen atoms in total. The minimum atomic E-state index is -0.819. The van der Waals surface area contributed by atoms with Crippen LogP contribution in [0.5, 0.6) is 5.88 Å². The van der Waals surface area contributed by atoms with Gasteiger partial charge in [-0.1, -0.05) is 18.2 Å². The Kier molecular flexibility index (Phi) is 3.51. The monoisotopic (exact) mass is 235 g/mol. The second-order valence-corrected chi connectivity index (χ2v) is 5.02. The maximum Gasteiger partial charge on any atom is 0.213 e. The van der Waals surface area contributed by atoms with E-state index in [4.69, 9.17) is 4.74 Å². The summed E-state index contributed by atoms with van der Waals surface area (Å²) in [5, 5.41) is 1.09. The average Bonchev–Trinajstić information content (AvgIpc) is 2.28. The van der Waals surface area contributed by atoms with E-state index in [0.29, 0.717) is 18.2 Å². The highest BCUT2D eigenvalue weighted by Gasteiger charge is 1.99. The summed E-state index contributed by atoms with van der Waals surface area (Å²) in [5.74, 6) is 1.12. The molecule has 1 aromatic heterocycles. The first-order valence-corrected chi connectivity index (χ1v) is 6.77. The van der Waals surface area contributed by atoms with E-state index < -0.39 is 10.8 Å². The van der Waals surface area contributed by atoms with Crippen molar-refractivity contribution in [1.29, 1.82) is 0 Å². The van der Waals surface area contributed by atoms with E-state index >= 15 is 0 Å². The summed E-state index contributed by atoms with van der Waals surface area (Å²) in [7, 11) is -0.819. The third-order valence-electron chi connectivity index (χ3n) is 2.19. The lowest BCUT2D eigenvalue weighted by Gasteiger charge is -2.04. The topological polar surface area (TPSA) is 39.2 Å². The zero-order valence-corrected chi connectivity index (χ0v) is 9.87. The molecule has 16 heavy (non-hydrogen) atoms. The fourth-order valence-corrected chi connectivity index (χ4v) is 1.71. The number of rotatable bonds is 4. The van der Waals surface area contributed by atoms with Crippen molar-refractivity contribution in [3.63, 3.8) is 0 Å². The summed E-state index contributed by atoms with van der Waals surface area (Å²) in [6.45, 7) is 0.439. The molecule has 0 aliphatic heterocycles. The van der Waals surface area contributed by atoms with Crippen LogP contribution in [0, 0.1) is 0 Å². The molecule has 2 aromatic rings. The van der Waals surface area contributed by atoms with Crippen LogP contribution in [0.4, 0.5) is 0 Å². The summed E-state index contributed by atoms with van der Waals surface area (Å²) in [5.41, 5.74) is 0.914. The Labute approximate surface area is 96.9 Å². The van der Waals surface area contributed by atoms with Gasteiger partial charge in [0.2, 0.25) is 5.88 Å². The van der Waals surface area contributed by atoms with Gasteiger partial charge in [0.25, 0.3) is 0 Å². The van der Waals surface area contributed by atoms with Gasteiger partial charge in [-0.2, -0.15) is 0 Å². The quantitative estimate of drug-likeness (QED) is 0.813. The Morgan fingerprint density at radius 2 is 2.06 bits per heavy atom. The summed E-state index contributed by atoms with van der Waals surface area (Å²) < 4.78 is 16.3. The second kappa shape index (κ2) is 5.07. The fourth-order valence-electron chi connectivity index (χ4n) is 1.39. The van der Waals surface area contributed by atoms with Gasteiger partial charge in [0.05, 0.1) is 11.3 Å². The minimum absolute atomic E-state index is 0.439. The van der Waals surface area contributed by atoms with E-state index in [-0.39, 0.29) is 0 Å². The first kappa shape index (κ1) is 11.1. The molecule has 1 aromatic carbocycles. The Hall–Kier alpha value is -1.42. The molecule has 1 heterocycles. The van der Waals surface area contributed by atoms with Gasteiger partial charge in [-0.3, -0.25) is 4.21 Å². The van der Waals surface area contributed by atoms with Gasteiger partial charge in [0.1, 0.15) is 6.61 Å². The highest BCUT2D eigenvalue weighted by atomic mass is 32.2. The van der Waals surface area contributed by atoms with E-state index in [0.717, 1.165) is 10.9 Å². The predicted molar refractivity (Wildman–Crippen MR) is 66.2 cm³/mol. The molecule has 0 bridgehead atoms. The van der Waals surface area contributed by atoms with Crippen LogP contribution in [0.15, 0.2) is 36.4 Å². The predicted octanol–water partition coefficient (Wildman–Crippen LogP) is 1.99. The van der Waals surface area contributed by atoms with E-state index in [2.05, 4.69) is 4.98 Å². The second-order valence-electron chi connectivity index (χ2n) is 3.47. The van der Waals surface area contributed by atoms with Crippen LogP contribution in [0.2, 0.25) is 0 Å². The fraction of sp³-hybridized carbons (Fsp3) is 0.250. The summed E-state index contributed by atoms with van der Waals surface area (Å²) >= 11 is 0. The molecule has 0 aliphatic carbocycles. The van der Waals surface area contributed by atoms with Crippen molar-refractivity contribution in [1.82, 2.24) is 4.98 Å². The molecule has 0 radical (unpaired) electrons. The molecular formula is C12H13NO2S. The zero-order chi connectivity index (χ0) is 11.4. The Balaban J connectivity index is 2.10. The van der Waals surface area contributed by atoms with Gasteiger partial charge in [0.15, 0.2) is 0 Å². The van der Waals surface area contributed by atoms with E-state index in [1.807, 2.05) is 36.4 Å². The van der Waals surface area contributed by atoms with Crippen LogP contribution in [0.25, 0.3) is 10.9 Å². The Morgan fingerprint density at radius 3 is 2.88 bits per heavy atom. The van der Waals surface area contributed by atoms with Crippen molar-refractivity contribution in [2.45, 2.75) is 0 Å². The average molecular weight is 235 g/mol. The van der Waals surface area contributed by atoms with Crippen molar-refractivity contribution >= 4 is 21.7 Å². The molecule has 4 heteroatoms. The molecule has 0 amide bonds. The molecule has 0 N–H and O–H groups in total. The number of hydrogen-bond acceptors (Lipinski definition) is 3. The number of para-hydroxylation sites is 1. The Bertz CT molecular complexity index is 513. The van der Waals surface area contributed by atoms with E-state index in [9.17, 15) is 4.21 Å². The molecule has 0 spiro atoms. The zero-order valence-electron chi connectivity index (χ0n) is 9.05. The normalized spacial score (nSPS) is 12.6. The Morgan fingerprint density at radius 1 is 1.25 bits per heavy atom. The van der Waals surface area contributed by atoms with Gasteiger partial charge >= 0.3 is 0 Å². The molecule has 0 aliphatic rings. The standard InChI is InChI=1S/C12H13NO2S/c1-16(14)9-8-15-12-7-6-10-4-2-3-5-11(10)13-12/h2-7H,8-9H2,1H3. The molecule has 1 atom stereocenters. The number of fused-ring (bicyclic) bond motifs is 1. The molecule has 0 saturated carbocycles. The molecular weight excluding hydrogens is 222 g/mol. The smallest absolute Gasteiger partial charge is 0.213 e. The van der Waals surface area contributed by atoms with Crippen molar-refractivity contribution in [3.8, 4) is 5.88 Å². The number of ether oxygens (including phenoxy) is 1. The van der Waals surface area contributed by atoms with Crippen LogP contribution in [0.1, 0.15) is 0 Å². The maximum atomic E-state index is 10.9. The first-order valence-electron chi connectivity index (χ1n) is 5.04. The maximum absolute atomic E-state index is 10.9. The van der Waals surface area contributed by atoms with Crippen molar-refractivity contribution < 1.29 is 8.95 Å². The van der Waals surface area contributed by atoms with Gasteiger partial charge < -0.3 is 4.74 Å². The van der Waals surface area contributed by atoms with Gasteiger partial charge in [-0.25, -0.2) is 4.98 Å². The van der Waals surface area contributed by atoms with Gasteiger partial charge in [-0.15, -0.1) is 0 Å². The van der Waals surface area contributed by atoms with Crippen LogP contribution in [-0.4, -0.2) is 27.8 Å².